The fourth-order valence-electron chi connectivity index (χ4n) is 1.45. The van der Waals surface area contributed by atoms with E-state index in [1.807, 2.05) is 25.1 Å². The summed E-state index contributed by atoms with van der Waals surface area (Å²) in [6, 6.07) is 5.68. The Hall–Kier alpha value is -2.04. The zero-order valence-electron chi connectivity index (χ0n) is 9.10. The molecule has 0 fully saturated rings. The molecule has 0 bridgehead atoms. The van der Waals surface area contributed by atoms with Gasteiger partial charge in [0.1, 0.15) is 11.6 Å². The maximum Gasteiger partial charge on any atom is 0.222 e. The molecule has 0 aliphatic rings. The van der Waals surface area contributed by atoms with Crippen LogP contribution in [0.5, 0.6) is 0 Å². The molecule has 0 aromatic carbocycles. The summed E-state index contributed by atoms with van der Waals surface area (Å²) in [7, 11) is 0. The normalized spacial score (nSPS) is 10.3. The van der Waals surface area contributed by atoms with Crippen LogP contribution < -0.4 is 11.1 Å². The fraction of sp³-hybridized carbons (Fsp3) is 0.273. The van der Waals surface area contributed by atoms with Crippen molar-refractivity contribution in [3.05, 3.63) is 35.9 Å². The summed E-state index contributed by atoms with van der Waals surface area (Å²) in [5.74, 6) is 1.99. The highest BCUT2D eigenvalue weighted by atomic mass is 16.3. The summed E-state index contributed by atoms with van der Waals surface area (Å²) >= 11 is 0. The van der Waals surface area contributed by atoms with Crippen LogP contribution in [-0.4, -0.2) is 16.5 Å². The Balaban J connectivity index is 1.89. The lowest BCUT2D eigenvalue weighted by Gasteiger charge is -2.05. The Kier molecular flexibility index (Phi) is 3.05. The largest absolute Gasteiger partial charge is 0.469 e. The average molecular weight is 218 g/mol. The van der Waals surface area contributed by atoms with E-state index in [2.05, 4.69) is 15.3 Å². The number of furan rings is 1. The van der Waals surface area contributed by atoms with E-state index >= 15 is 0 Å². The molecule has 5 heteroatoms. The second-order valence-electron chi connectivity index (χ2n) is 3.51. The number of hydrogen-bond acceptors (Lipinski definition) is 5. The van der Waals surface area contributed by atoms with E-state index < -0.39 is 0 Å². The third-order valence-corrected chi connectivity index (χ3v) is 2.13. The van der Waals surface area contributed by atoms with Gasteiger partial charge in [-0.15, -0.1) is 0 Å². The molecule has 2 rings (SSSR count). The van der Waals surface area contributed by atoms with Gasteiger partial charge in [0, 0.05) is 24.7 Å². The van der Waals surface area contributed by atoms with Gasteiger partial charge < -0.3 is 15.5 Å². The van der Waals surface area contributed by atoms with Crippen LogP contribution in [0.1, 0.15) is 11.5 Å². The van der Waals surface area contributed by atoms with Crippen molar-refractivity contribution in [3.8, 4) is 0 Å². The predicted molar refractivity (Wildman–Crippen MR) is 62.1 cm³/mol. The molecule has 0 amide bonds. The van der Waals surface area contributed by atoms with Gasteiger partial charge in [-0.05, 0) is 19.1 Å². The van der Waals surface area contributed by atoms with Gasteiger partial charge in [0.15, 0.2) is 0 Å². The summed E-state index contributed by atoms with van der Waals surface area (Å²) < 4.78 is 5.22. The van der Waals surface area contributed by atoms with E-state index in [1.165, 1.54) is 0 Å². The van der Waals surface area contributed by atoms with Crippen LogP contribution in [-0.2, 0) is 6.42 Å². The second-order valence-corrected chi connectivity index (χ2v) is 3.51. The van der Waals surface area contributed by atoms with Crippen LogP contribution in [0.3, 0.4) is 0 Å². The first-order valence-electron chi connectivity index (χ1n) is 5.11. The topological polar surface area (TPSA) is 77.0 Å². The standard InChI is InChI=1S/C11H14N4O/c1-8-7-10(15-11(12)14-8)13-5-4-9-3-2-6-16-9/h2-3,6-7H,4-5H2,1H3,(H3,12,13,14,15). The number of aryl methyl sites for hydroxylation is 1. The summed E-state index contributed by atoms with van der Waals surface area (Å²) in [5, 5.41) is 3.17. The Bertz CT molecular complexity index is 433. The number of nitrogens with zero attached hydrogens (tertiary/aromatic N) is 2. The number of hydrogen-bond donors (Lipinski definition) is 2. The van der Waals surface area contributed by atoms with Crippen LogP contribution in [0.4, 0.5) is 11.8 Å². The lowest BCUT2D eigenvalue weighted by molar-refractivity contribution is 0.513. The summed E-state index contributed by atoms with van der Waals surface area (Å²) in [4.78, 5) is 8.08. The molecule has 5 nitrogen and oxygen atoms in total. The smallest absolute Gasteiger partial charge is 0.222 e. The molecule has 2 heterocycles. The van der Waals surface area contributed by atoms with Crippen LogP contribution in [0.25, 0.3) is 0 Å². The minimum Gasteiger partial charge on any atom is -0.469 e. The molecule has 0 saturated heterocycles. The van der Waals surface area contributed by atoms with Crippen LogP contribution in [0.15, 0.2) is 28.9 Å². The van der Waals surface area contributed by atoms with E-state index in [4.69, 9.17) is 10.2 Å². The van der Waals surface area contributed by atoms with Gasteiger partial charge in [0.2, 0.25) is 5.95 Å². The van der Waals surface area contributed by atoms with Crippen LogP contribution in [0.2, 0.25) is 0 Å². The fourth-order valence-corrected chi connectivity index (χ4v) is 1.45. The Morgan fingerprint density at radius 2 is 2.31 bits per heavy atom. The molecule has 16 heavy (non-hydrogen) atoms. The SMILES string of the molecule is Cc1cc(NCCc2ccco2)nc(N)n1. The van der Waals surface area contributed by atoms with Gasteiger partial charge in [-0.25, -0.2) is 4.98 Å². The molecule has 0 atom stereocenters. The highest BCUT2D eigenvalue weighted by Crippen LogP contribution is 2.07. The van der Waals surface area contributed by atoms with Gasteiger partial charge >= 0.3 is 0 Å². The van der Waals surface area contributed by atoms with Gasteiger partial charge in [0.25, 0.3) is 0 Å². The molecule has 0 unspecified atom stereocenters. The number of nitrogens with one attached hydrogen (secondary N) is 1. The van der Waals surface area contributed by atoms with Crippen molar-refractivity contribution in [1.29, 1.82) is 0 Å². The number of rotatable bonds is 4. The summed E-state index contributed by atoms with van der Waals surface area (Å²) in [5.41, 5.74) is 6.40. The monoisotopic (exact) mass is 218 g/mol. The van der Waals surface area contributed by atoms with Crippen molar-refractivity contribution < 1.29 is 4.42 Å². The van der Waals surface area contributed by atoms with Gasteiger partial charge in [-0.1, -0.05) is 0 Å². The van der Waals surface area contributed by atoms with Gasteiger partial charge in [0.05, 0.1) is 6.26 Å². The number of aromatic nitrogens is 2. The number of nitrogen functional groups attached to an aromatic ring is 1. The van der Waals surface area contributed by atoms with E-state index in [0.717, 1.165) is 30.2 Å². The highest BCUT2D eigenvalue weighted by molar-refractivity contribution is 5.40. The third-order valence-electron chi connectivity index (χ3n) is 2.13. The average Bonchev–Trinajstić information content (AvgIpc) is 2.69. The Morgan fingerprint density at radius 3 is 3.00 bits per heavy atom. The second kappa shape index (κ2) is 4.65. The van der Waals surface area contributed by atoms with Crippen molar-refractivity contribution >= 4 is 11.8 Å². The van der Waals surface area contributed by atoms with E-state index in [-0.39, 0.29) is 0 Å². The minimum atomic E-state index is 0.292. The third kappa shape index (κ3) is 2.73. The zero-order valence-corrected chi connectivity index (χ0v) is 9.10. The van der Waals surface area contributed by atoms with Crippen molar-refractivity contribution in [2.24, 2.45) is 0 Å². The Labute approximate surface area is 93.7 Å². The summed E-state index contributed by atoms with van der Waals surface area (Å²) in [6.07, 6.45) is 2.48. The maximum atomic E-state index is 5.55. The Morgan fingerprint density at radius 1 is 1.44 bits per heavy atom. The lowest BCUT2D eigenvalue weighted by atomic mass is 10.3. The van der Waals surface area contributed by atoms with E-state index in [0.29, 0.717) is 5.95 Å². The van der Waals surface area contributed by atoms with Crippen molar-refractivity contribution in [2.45, 2.75) is 13.3 Å². The first-order chi connectivity index (χ1) is 7.74. The van der Waals surface area contributed by atoms with Gasteiger partial charge in [-0.2, -0.15) is 4.98 Å². The zero-order chi connectivity index (χ0) is 11.4. The van der Waals surface area contributed by atoms with Crippen LogP contribution >= 0.6 is 0 Å². The molecule has 0 aliphatic heterocycles. The van der Waals surface area contributed by atoms with Gasteiger partial charge in [-0.3, -0.25) is 0 Å². The molecule has 0 radical (unpaired) electrons. The molecule has 84 valence electrons. The van der Waals surface area contributed by atoms with Crippen molar-refractivity contribution in [2.75, 3.05) is 17.6 Å². The van der Waals surface area contributed by atoms with E-state index in [9.17, 15) is 0 Å². The minimum absolute atomic E-state index is 0.292. The first kappa shape index (κ1) is 10.5. The molecule has 2 aromatic heterocycles. The molecule has 2 aromatic rings. The maximum absolute atomic E-state index is 5.55. The van der Waals surface area contributed by atoms with Crippen molar-refractivity contribution in [1.82, 2.24) is 9.97 Å². The molecular weight excluding hydrogens is 204 g/mol. The molecule has 0 spiro atoms. The predicted octanol–water partition coefficient (Wildman–Crippen LogP) is 1.61. The number of nitrogens with two attached hydrogens (primary N) is 1. The highest BCUT2D eigenvalue weighted by Gasteiger charge is 1.99. The first-order valence-corrected chi connectivity index (χ1v) is 5.11. The van der Waals surface area contributed by atoms with Crippen molar-refractivity contribution in [3.63, 3.8) is 0 Å². The van der Waals surface area contributed by atoms with Crippen LogP contribution in [0, 0.1) is 6.92 Å². The molecule has 0 saturated carbocycles. The molecular formula is C11H14N4O. The molecule has 0 aliphatic carbocycles. The lowest BCUT2D eigenvalue weighted by Crippen LogP contribution is -2.08. The quantitative estimate of drug-likeness (QED) is 0.815. The molecule has 3 N–H and O–H groups in total. The summed E-state index contributed by atoms with van der Waals surface area (Å²) in [6.45, 7) is 2.64. The van der Waals surface area contributed by atoms with E-state index in [1.54, 1.807) is 6.26 Å². The number of anilines is 2.